The van der Waals surface area contributed by atoms with Crippen molar-refractivity contribution in [1.29, 1.82) is 0 Å². The molecule has 4 heteroatoms. The fourth-order valence-corrected chi connectivity index (χ4v) is 2.25. The van der Waals surface area contributed by atoms with Gasteiger partial charge < -0.3 is 14.9 Å². The summed E-state index contributed by atoms with van der Waals surface area (Å²) in [4.78, 5) is 12.1. The normalized spacial score (nSPS) is 17.7. The van der Waals surface area contributed by atoms with Crippen LogP contribution in [0, 0.1) is 0 Å². The van der Waals surface area contributed by atoms with Gasteiger partial charge in [-0.05, 0) is 24.3 Å². The molecule has 0 amide bonds. The number of carbonyl (C=O) groups excluding carboxylic acids is 1. The minimum atomic E-state index is -0.495. The summed E-state index contributed by atoms with van der Waals surface area (Å²) >= 11 is 0. The summed E-state index contributed by atoms with van der Waals surface area (Å²) in [7, 11) is 0. The third-order valence-corrected chi connectivity index (χ3v) is 3.19. The highest BCUT2D eigenvalue weighted by molar-refractivity contribution is 6.00. The molecule has 0 saturated carbocycles. The van der Waals surface area contributed by atoms with Crippen molar-refractivity contribution in [3.05, 3.63) is 53.6 Å². The highest BCUT2D eigenvalue weighted by atomic mass is 16.5. The Labute approximate surface area is 109 Å². The molecule has 0 spiro atoms. The maximum Gasteiger partial charge on any atom is 0.170 e. The lowest BCUT2D eigenvalue weighted by atomic mass is 9.95. The first-order valence-electron chi connectivity index (χ1n) is 5.96. The second-order valence-corrected chi connectivity index (χ2v) is 4.47. The number of benzene rings is 2. The summed E-state index contributed by atoms with van der Waals surface area (Å²) in [6.07, 6.45) is -0.348. The number of carbonyl (C=O) groups is 1. The molecule has 0 aromatic heterocycles. The molecule has 0 unspecified atom stereocenters. The number of hydrogen-bond acceptors (Lipinski definition) is 4. The van der Waals surface area contributed by atoms with Gasteiger partial charge in [-0.3, -0.25) is 4.79 Å². The Hall–Kier alpha value is -2.49. The Kier molecular flexibility index (Phi) is 2.63. The van der Waals surface area contributed by atoms with Crippen molar-refractivity contribution in [1.82, 2.24) is 0 Å². The van der Waals surface area contributed by atoms with Crippen LogP contribution in [0.1, 0.15) is 28.4 Å². The molecule has 2 aromatic rings. The molecular weight excluding hydrogens is 244 g/mol. The standard InChI is InChI=1S/C15H12O4/c16-9-5-6-14-11(7-9)13(18)8-15(19-14)10-3-1-2-4-12(10)17/h1-7,15-17H,8H2/t15-/m0/s1. The van der Waals surface area contributed by atoms with Crippen LogP contribution in [0.3, 0.4) is 0 Å². The minimum Gasteiger partial charge on any atom is -0.508 e. The maximum atomic E-state index is 12.1. The fraction of sp³-hybridized carbons (Fsp3) is 0.133. The van der Waals surface area contributed by atoms with Crippen LogP contribution in [-0.2, 0) is 0 Å². The predicted molar refractivity (Wildman–Crippen MR) is 68.5 cm³/mol. The van der Waals surface area contributed by atoms with Crippen molar-refractivity contribution in [2.24, 2.45) is 0 Å². The first-order valence-corrected chi connectivity index (χ1v) is 5.96. The Morgan fingerprint density at radius 1 is 1.11 bits per heavy atom. The third kappa shape index (κ3) is 2.01. The second kappa shape index (κ2) is 4.31. The summed E-state index contributed by atoms with van der Waals surface area (Å²) in [6.45, 7) is 0. The van der Waals surface area contributed by atoms with E-state index >= 15 is 0 Å². The van der Waals surface area contributed by atoms with Gasteiger partial charge in [-0.1, -0.05) is 18.2 Å². The van der Waals surface area contributed by atoms with E-state index < -0.39 is 6.10 Å². The Bertz CT molecular complexity index is 648. The lowest BCUT2D eigenvalue weighted by Gasteiger charge is -2.26. The van der Waals surface area contributed by atoms with Gasteiger partial charge in [0.05, 0.1) is 12.0 Å². The number of ketones is 1. The number of phenols is 2. The van der Waals surface area contributed by atoms with Gasteiger partial charge in [0.25, 0.3) is 0 Å². The summed E-state index contributed by atoms with van der Waals surface area (Å²) in [5.41, 5.74) is 0.973. The van der Waals surface area contributed by atoms with Gasteiger partial charge in [0.2, 0.25) is 0 Å². The molecule has 0 fully saturated rings. The molecule has 1 aliphatic heterocycles. The molecule has 4 nitrogen and oxygen atoms in total. The van der Waals surface area contributed by atoms with E-state index in [0.717, 1.165) is 0 Å². The van der Waals surface area contributed by atoms with E-state index in [0.29, 0.717) is 16.9 Å². The molecule has 3 rings (SSSR count). The van der Waals surface area contributed by atoms with Crippen molar-refractivity contribution < 1.29 is 19.7 Å². The molecule has 0 radical (unpaired) electrons. The number of rotatable bonds is 1. The number of para-hydroxylation sites is 1. The van der Waals surface area contributed by atoms with Gasteiger partial charge in [0.15, 0.2) is 5.78 Å². The maximum absolute atomic E-state index is 12.1. The van der Waals surface area contributed by atoms with Gasteiger partial charge in [0, 0.05) is 5.56 Å². The molecular formula is C15H12O4. The SMILES string of the molecule is O=C1C[C@@H](c2ccccc2O)Oc2ccc(O)cc21. The summed E-state index contributed by atoms with van der Waals surface area (Å²) in [5.74, 6) is 0.479. The van der Waals surface area contributed by atoms with Gasteiger partial charge in [0.1, 0.15) is 23.4 Å². The molecule has 0 aliphatic carbocycles. The zero-order valence-corrected chi connectivity index (χ0v) is 10.0. The van der Waals surface area contributed by atoms with Crippen LogP contribution in [0.4, 0.5) is 0 Å². The Balaban J connectivity index is 2.00. The van der Waals surface area contributed by atoms with Crippen LogP contribution in [0.5, 0.6) is 17.2 Å². The predicted octanol–water partition coefficient (Wildman–Crippen LogP) is 2.80. The highest BCUT2D eigenvalue weighted by Gasteiger charge is 2.29. The van der Waals surface area contributed by atoms with Crippen LogP contribution in [0.2, 0.25) is 0 Å². The van der Waals surface area contributed by atoms with Crippen molar-refractivity contribution in [3.8, 4) is 17.2 Å². The Morgan fingerprint density at radius 3 is 2.68 bits per heavy atom. The Morgan fingerprint density at radius 2 is 1.89 bits per heavy atom. The number of aromatic hydroxyl groups is 2. The van der Waals surface area contributed by atoms with Gasteiger partial charge in [-0.2, -0.15) is 0 Å². The smallest absolute Gasteiger partial charge is 0.170 e. The molecule has 2 N–H and O–H groups in total. The molecule has 19 heavy (non-hydrogen) atoms. The first kappa shape index (κ1) is 11.6. The van der Waals surface area contributed by atoms with E-state index in [1.54, 1.807) is 30.3 Å². The molecule has 0 bridgehead atoms. The molecule has 1 heterocycles. The van der Waals surface area contributed by atoms with E-state index in [-0.39, 0.29) is 23.7 Å². The van der Waals surface area contributed by atoms with Gasteiger partial charge in [-0.15, -0.1) is 0 Å². The molecule has 96 valence electrons. The zero-order valence-electron chi connectivity index (χ0n) is 10.0. The van der Waals surface area contributed by atoms with Crippen molar-refractivity contribution in [2.75, 3.05) is 0 Å². The topological polar surface area (TPSA) is 66.8 Å². The van der Waals surface area contributed by atoms with E-state index in [9.17, 15) is 15.0 Å². The zero-order chi connectivity index (χ0) is 13.4. The van der Waals surface area contributed by atoms with Crippen molar-refractivity contribution in [2.45, 2.75) is 12.5 Å². The largest absolute Gasteiger partial charge is 0.508 e. The molecule has 2 aromatic carbocycles. The number of ether oxygens (including phenoxy) is 1. The minimum absolute atomic E-state index is 0.0386. The number of hydrogen-bond donors (Lipinski definition) is 2. The summed E-state index contributed by atoms with van der Waals surface area (Å²) in [5, 5.41) is 19.2. The fourth-order valence-electron chi connectivity index (χ4n) is 2.25. The van der Waals surface area contributed by atoms with E-state index in [1.807, 2.05) is 0 Å². The van der Waals surface area contributed by atoms with Crippen molar-refractivity contribution >= 4 is 5.78 Å². The van der Waals surface area contributed by atoms with E-state index in [2.05, 4.69) is 0 Å². The second-order valence-electron chi connectivity index (χ2n) is 4.47. The number of Topliss-reactive ketones (excluding diaryl/α,β-unsaturated/α-hetero) is 1. The molecule has 1 atom stereocenters. The average Bonchev–Trinajstić information content (AvgIpc) is 2.40. The number of fused-ring (bicyclic) bond motifs is 1. The monoisotopic (exact) mass is 256 g/mol. The lowest BCUT2D eigenvalue weighted by Crippen LogP contribution is -2.20. The number of phenolic OH excluding ortho intramolecular Hbond substituents is 2. The third-order valence-electron chi connectivity index (χ3n) is 3.19. The summed E-state index contributed by atoms with van der Waals surface area (Å²) < 4.78 is 5.73. The van der Waals surface area contributed by atoms with Crippen LogP contribution in [0.15, 0.2) is 42.5 Å². The first-order chi connectivity index (χ1) is 9.15. The highest BCUT2D eigenvalue weighted by Crippen LogP contribution is 2.38. The van der Waals surface area contributed by atoms with Crippen LogP contribution in [0.25, 0.3) is 0 Å². The quantitative estimate of drug-likeness (QED) is 0.823. The molecule has 1 aliphatic rings. The van der Waals surface area contributed by atoms with E-state index in [1.165, 1.54) is 12.1 Å². The summed E-state index contributed by atoms with van der Waals surface area (Å²) in [6, 6.07) is 11.2. The van der Waals surface area contributed by atoms with Gasteiger partial charge >= 0.3 is 0 Å². The average molecular weight is 256 g/mol. The van der Waals surface area contributed by atoms with Crippen LogP contribution in [-0.4, -0.2) is 16.0 Å². The van der Waals surface area contributed by atoms with Gasteiger partial charge in [-0.25, -0.2) is 0 Å². The van der Waals surface area contributed by atoms with E-state index in [4.69, 9.17) is 4.74 Å². The van der Waals surface area contributed by atoms with Crippen LogP contribution >= 0.6 is 0 Å². The van der Waals surface area contributed by atoms with Crippen molar-refractivity contribution in [3.63, 3.8) is 0 Å². The van der Waals surface area contributed by atoms with Crippen LogP contribution < -0.4 is 4.74 Å². The molecule has 0 saturated heterocycles. The lowest BCUT2D eigenvalue weighted by molar-refractivity contribution is 0.0846.